The molecule has 0 atom stereocenters. The van der Waals surface area contributed by atoms with E-state index >= 15 is 0 Å². The van der Waals surface area contributed by atoms with Crippen molar-refractivity contribution in [2.45, 2.75) is 26.1 Å². The number of fused-ring (bicyclic) bond motifs is 1. The van der Waals surface area contributed by atoms with Crippen LogP contribution in [-0.2, 0) is 30.8 Å². The maximum atomic E-state index is 11.8. The van der Waals surface area contributed by atoms with E-state index in [9.17, 15) is 4.79 Å². The van der Waals surface area contributed by atoms with Crippen molar-refractivity contribution in [3.63, 3.8) is 0 Å². The molecule has 4 heteroatoms. The minimum Gasteiger partial charge on any atom is -0.352 e. The first-order valence-corrected chi connectivity index (χ1v) is 7.35. The largest absolute Gasteiger partial charge is 0.352 e. The summed E-state index contributed by atoms with van der Waals surface area (Å²) in [5.74, 6) is 0.0806. The summed E-state index contributed by atoms with van der Waals surface area (Å²) in [5, 5.41) is 10.3. The topological polar surface area (TPSA) is 41.1 Å². The van der Waals surface area contributed by atoms with Crippen molar-refractivity contribution >= 4 is 17.2 Å². The van der Waals surface area contributed by atoms with Gasteiger partial charge in [-0.25, -0.2) is 0 Å². The maximum Gasteiger partial charge on any atom is 0.224 e. The van der Waals surface area contributed by atoms with Gasteiger partial charge in [-0.1, -0.05) is 18.2 Å². The molecule has 0 aliphatic carbocycles. The number of hydrogen-bond acceptors (Lipinski definition) is 3. The van der Waals surface area contributed by atoms with E-state index in [2.05, 4.69) is 28.8 Å². The van der Waals surface area contributed by atoms with E-state index in [4.69, 9.17) is 0 Å². The van der Waals surface area contributed by atoms with E-state index in [1.807, 2.05) is 16.8 Å². The Kier molecular flexibility index (Phi) is 3.62. The van der Waals surface area contributed by atoms with Gasteiger partial charge in [0.05, 0.1) is 6.42 Å². The highest BCUT2D eigenvalue weighted by Gasteiger charge is 2.10. The van der Waals surface area contributed by atoms with Crippen molar-refractivity contribution < 1.29 is 4.79 Å². The molecule has 0 bridgehead atoms. The third kappa shape index (κ3) is 3.03. The first kappa shape index (κ1) is 12.4. The predicted octanol–water partition coefficient (Wildman–Crippen LogP) is 2.21. The van der Waals surface area contributed by atoms with Crippen molar-refractivity contribution in [3.8, 4) is 0 Å². The molecule has 0 saturated carbocycles. The Morgan fingerprint density at radius 1 is 1.21 bits per heavy atom. The molecular weight excluding hydrogens is 256 g/mol. The number of nitrogens with one attached hydrogen (secondary N) is 2. The van der Waals surface area contributed by atoms with Crippen LogP contribution < -0.4 is 10.6 Å². The fraction of sp³-hybridized carbons (Fsp3) is 0.267. The van der Waals surface area contributed by atoms with Crippen molar-refractivity contribution in [2.75, 3.05) is 0 Å². The first-order valence-electron chi connectivity index (χ1n) is 6.40. The number of rotatable bonds is 4. The summed E-state index contributed by atoms with van der Waals surface area (Å²) in [5.41, 5.74) is 4.97. The molecule has 1 amide bonds. The smallest absolute Gasteiger partial charge is 0.224 e. The number of thiophene rings is 1. The van der Waals surface area contributed by atoms with Crippen molar-refractivity contribution in [2.24, 2.45) is 0 Å². The summed E-state index contributed by atoms with van der Waals surface area (Å²) in [6, 6.07) is 8.41. The highest BCUT2D eigenvalue weighted by Crippen LogP contribution is 2.17. The molecule has 0 radical (unpaired) electrons. The Balaban J connectivity index is 1.56. The van der Waals surface area contributed by atoms with E-state index in [0.29, 0.717) is 13.0 Å². The lowest BCUT2D eigenvalue weighted by Crippen LogP contribution is -2.24. The Morgan fingerprint density at radius 3 is 2.95 bits per heavy atom. The Bertz CT molecular complexity index is 578. The highest BCUT2D eigenvalue weighted by molar-refractivity contribution is 7.07. The molecule has 0 spiro atoms. The van der Waals surface area contributed by atoms with E-state index in [-0.39, 0.29) is 5.91 Å². The second-order valence-corrected chi connectivity index (χ2v) is 5.57. The Labute approximate surface area is 116 Å². The van der Waals surface area contributed by atoms with E-state index in [1.54, 1.807) is 11.3 Å². The number of carbonyl (C=O) groups excluding carboxylic acids is 1. The third-order valence-electron chi connectivity index (χ3n) is 3.34. The van der Waals surface area contributed by atoms with Gasteiger partial charge in [0.2, 0.25) is 5.91 Å². The summed E-state index contributed by atoms with van der Waals surface area (Å²) >= 11 is 1.62. The molecule has 2 heterocycles. The van der Waals surface area contributed by atoms with E-state index < -0.39 is 0 Å². The van der Waals surface area contributed by atoms with Gasteiger partial charge in [0.1, 0.15) is 0 Å². The van der Waals surface area contributed by atoms with Crippen LogP contribution in [0.3, 0.4) is 0 Å². The Morgan fingerprint density at radius 2 is 2.11 bits per heavy atom. The molecule has 2 N–H and O–H groups in total. The van der Waals surface area contributed by atoms with Gasteiger partial charge < -0.3 is 10.6 Å². The molecule has 98 valence electrons. The molecule has 0 saturated heterocycles. The highest BCUT2D eigenvalue weighted by atomic mass is 32.1. The second-order valence-electron chi connectivity index (χ2n) is 4.79. The van der Waals surface area contributed by atoms with Gasteiger partial charge in [-0.15, -0.1) is 0 Å². The van der Waals surface area contributed by atoms with Crippen LogP contribution in [0.1, 0.15) is 22.3 Å². The number of hydrogen-bond donors (Lipinski definition) is 2. The van der Waals surface area contributed by atoms with E-state index in [1.165, 1.54) is 16.7 Å². The molecule has 1 aromatic carbocycles. The summed E-state index contributed by atoms with van der Waals surface area (Å²) in [4.78, 5) is 11.8. The van der Waals surface area contributed by atoms with E-state index in [0.717, 1.165) is 18.7 Å². The number of benzene rings is 1. The normalized spacial score (nSPS) is 13.3. The van der Waals surface area contributed by atoms with Gasteiger partial charge in [-0.05, 0) is 39.1 Å². The van der Waals surface area contributed by atoms with Crippen molar-refractivity contribution in [1.29, 1.82) is 0 Å². The van der Waals surface area contributed by atoms with Crippen LogP contribution in [0.15, 0.2) is 35.0 Å². The molecule has 2 aromatic rings. The maximum absolute atomic E-state index is 11.8. The molecule has 0 fully saturated rings. The van der Waals surface area contributed by atoms with Gasteiger partial charge in [0.25, 0.3) is 0 Å². The summed E-state index contributed by atoms with van der Waals surface area (Å²) in [6.07, 6.45) is 0.468. The average molecular weight is 272 g/mol. The van der Waals surface area contributed by atoms with Gasteiger partial charge in [-0.3, -0.25) is 4.79 Å². The average Bonchev–Trinajstić information content (AvgIpc) is 3.06. The zero-order chi connectivity index (χ0) is 13.1. The quantitative estimate of drug-likeness (QED) is 0.896. The summed E-state index contributed by atoms with van der Waals surface area (Å²) < 4.78 is 0. The minimum atomic E-state index is 0.0806. The molecule has 0 unspecified atom stereocenters. The molecule has 3 rings (SSSR count). The van der Waals surface area contributed by atoms with Crippen LogP contribution in [-0.4, -0.2) is 5.91 Å². The Hall–Kier alpha value is -1.65. The van der Waals surface area contributed by atoms with Gasteiger partial charge >= 0.3 is 0 Å². The molecular formula is C15H16N2OS. The molecule has 19 heavy (non-hydrogen) atoms. The minimum absolute atomic E-state index is 0.0806. The lowest BCUT2D eigenvalue weighted by molar-refractivity contribution is -0.120. The summed E-state index contributed by atoms with van der Waals surface area (Å²) in [7, 11) is 0. The molecule has 3 nitrogen and oxygen atoms in total. The first-order chi connectivity index (χ1) is 9.31. The molecule has 1 aliphatic rings. The lowest BCUT2D eigenvalue weighted by atomic mass is 10.1. The monoisotopic (exact) mass is 272 g/mol. The SMILES string of the molecule is O=C(Cc1ccsc1)NCc1ccc2c(c1)CNC2. The zero-order valence-electron chi connectivity index (χ0n) is 10.6. The third-order valence-corrected chi connectivity index (χ3v) is 4.07. The second kappa shape index (κ2) is 5.55. The van der Waals surface area contributed by atoms with Crippen LogP contribution in [0, 0.1) is 0 Å². The molecule has 1 aromatic heterocycles. The zero-order valence-corrected chi connectivity index (χ0v) is 11.4. The van der Waals surface area contributed by atoms with Crippen molar-refractivity contribution in [3.05, 3.63) is 57.3 Å². The van der Waals surface area contributed by atoms with Crippen molar-refractivity contribution in [1.82, 2.24) is 10.6 Å². The number of carbonyl (C=O) groups is 1. The fourth-order valence-corrected chi connectivity index (χ4v) is 2.97. The standard InChI is InChI=1S/C15H16N2OS/c18-15(6-12-3-4-19-10-12)17-7-11-1-2-13-8-16-9-14(13)5-11/h1-5,10,16H,6-9H2,(H,17,18). The lowest BCUT2D eigenvalue weighted by Gasteiger charge is -2.06. The molecule has 1 aliphatic heterocycles. The summed E-state index contributed by atoms with van der Waals surface area (Å²) in [6.45, 7) is 2.50. The van der Waals surface area contributed by atoms with Crippen LogP contribution in [0.2, 0.25) is 0 Å². The fourth-order valence-electron chi connectivity index (χ4n) is 2.30. The number of amides is 1. The van der Waals surface area contributed by atoms with Crippen LogP contribution >= 0.6 is 11.3 Å². The predicted molar refractivity (Wildman–Crippen MR) is 76.9 cm³/mol. The van der Waals surface area contributed by atoms with Crippen LogP contribution in [0.5, 0.6) is 0 Å². The van der Waals surface area contributed by atoms with Gasteiger partial charge in [0, 0.05) is 19.6 Å². The van der Waals surface area contributed by atoms with Gasteiger partial charge in [-0.2, -0.15) is 11.3 Å². The van der Waals surface area contributed by atoms with Crippen LogP contribution in [0.25, 0.3) is 0 Å². The van der Waals surface area contributed by atoms with Gasteiger partial charge in [0.15, 0.2) is 0 Å². The van der Waals surface area contributed by atoms with Crippen LogP contribution in [0.4, 0.5) is 0 Å².